The second-order valence-corrected chi connectivity index (χ2v) is 2.81. The maximum atomic E-state index is 10.5. The zero-order valence-electron chi connectivity index (χ0n) is 8.80. The summed E-state index contributed by atoms with van der Waals surface area (Å²) in [4.78, 5) is 10.5. The first kappa shape index (κ1) is 11.7. The van der Waals surface area contributed by atoms with Crippen molar-refractivity contribution in [3.8, 4) is 11.8 Å². The number of nitriles is 1. The number of hydrazone groups is 1. The zero-order valence-corrected chi connectivity index (χ0v) is 8.80. The standard InChI is InChI=1S/C11H11N3O2/c1-2-16-10-5-3-9(4-6-10)8-13-14-11(15)7-12/h3-6,8H,2H2,1H3,(H,14,15). The molecule has 1 aromatic carbocycles. The predicted molar refractivity (Wildman–Crippen MR) is 59.0 cm³/mol. The largest absolute Gasteiger partial charge is 0.494 e. The monoisotopic (exact) mass is 217 g/mol. The average Bonchev–Trinajstić information content (AvgIpc) is 2.31. The van der Waals surface area contributed by atoms with Gasteiger partial charge in [-0.3, -0.25) is 4.79 Å². The molecule has 0 saturated heterocycles. The highest BCUT2D eigenvalue weighted by atomic mass is 16.5. The fraction of sp³-hybridized carbons (Fsp3) is 0.182. The van der Waals surface area contributed by atoms with Crippen LogP contribution in [0.2, 0.25) is 0 Å². The van der Waals surface area contributed by atoms with Gasteiger partial charge in [0.25, 0.3) is 0 Å². The number of amides is 1. The van der Waals surface area contributed by atoms with Gasteiger partial charge in [0.1, 0.15) is 5.75 Å². The van der Waals surface area contributed by atoms with Crippen molar-refractivity contribution in [3.05, 3.63) is 29.8 Å². The molecule has 5 heteroatoms. The molecule has 1 N–H and O–H groups in total. The lowest BCUT2D eigenvalue weighted by molar-refractivity contribution is -0.115. The average molecular weight is 217 g/mol. The number of ether oxygens (including phenoxy) is 1. The Hall–Kier alpha value is -2.35. The quantitative estimate of drug-likeness (QED) is 0.465. The van der Waals surface area contributed by atoms with Crippen molar-refractivity contribution >= 4 is 12.1 Å². The SMILES string of the molecule is CCOc1ccc(C=NNC(=O)C#N)cc1. The Morgan fingerprint density at radius 2 is 2.25 bits per heavy atom. The van der Waals surface area contributed by atoms with E-state index in [1.807, 2.05) is 6.92 Å². The molecule has 0 bridgehead atoms. The van der Waals surface area contributed by atoms with Gasteiger partial charge in [-0.25, -0.2) is 5.43 Å². The van der Waals surface area contributed by atoms with Crippen molar-refractivity contribution in [2.75, 3.05) is 6.61 Å². The lowest BCUT2D eigenvalue weighted by Crippen LogP contribution is -2.14. The van der Waals surface area contributed by atoms with E-state index in [1.165, 1.54) is 12.3 Å². The molecule has 0 heterocycles. The molecule has 0 spiro atoms. The zero-order chi connectivity index (χ0) is 11.8. The summed E-state index contributed by atoms with van der Waals surface area (Å²) in [6.07, 6.45) is 1.45. The molecule has 0 unspecified atom stereocenters. The van der Waals surface area contributed by atoms with Crippen LogP contribution in [0.25, 0.3) is 0 Å². The van der Waals surface area contributed by atoms with Gasteiger partial charge in [-0.2, -0.15) is 10.4 Å². The van der Waals surface area contributed by atoms with Crippen LogP contribution in [0.15, 0.2) is 29.4 Å². The fourth-order valence-corrected chi connectivity index (χ4v) is 1.01. The van der Waals surface area contributed by atoms with Crippen LogP contribution in [-0.2, 0) is 4.79 Å². The van der Waals surface area contributed by atoms with Crippen molar-refractivity contribution in [1.82, 2.24) is 5.43 Å². The Morgan fingerprint density at radius 1 is 1.56 bits per heavy atom. The second-order valence-electron chi connectivity index (χ2n) is 2.81. The summed E-state index contributed by atoms with van der Waals surface area (Å²) in [5, 5.41) is 11.8. The Morgan fingerprint density at radius 3 is 2.81 bits per heavy atom. The van der Waals surface area contributed by atoms with E-state index in [2.05, 4.69) is 10.5 Å². The Kier molecular flexibility index (Phi) is 4.54. The minimum Gasteiger partial charge on any atom is -0.494 e. The maximum Gasteiger partial charge on any atom is 0.342 e. The van der Waals surface area contributed by atoms with E-state index in [9.17, 15) is 4.79 Å². The van der Waals surface area contributed by atoms with Gasteiger partial charge in [0.15, 0.2) is 6.07 Å². The Balaban J connectivity index is 2.55. The van der Waals surface area contributed by atoms with E-state index in [0.29, 0.717) is 6.61 Å². The minimum absolute atomic E-state index is 0.617. The molecular weight excluding hydrogens is 206 g/mol. The number of hydrogen-bond acceptors (Lipinski definition) is 4. The molecule has 0 aliphatic carbocycles. The number of rotatable bonds is 4. The van der Waals surface area contributed by atoms with Crippen LogP contribution in [0.1, 0.15) is 12.5 Å². The van der Waals surface area contributed by atoms with Crippen LogP contribution < -0.4 is 10.2 Å². The highest BCUT2D eigenvalue weighted by molar-refractivity contribution is 5.92. The van der Waals surface area contributed by atoms with Crippen LogP contribution in [0.5, 0.6) is 5.75 Å². The second kappa shape index (κ2) is 6.19. The summed E-state index contributed by atoms with van der Waals surface area (Å²) in [5.41, 5.74) is 2.87. The molecule has 0 fully saturated rings. The van der Waals surface area contributed by atoms with Crippen LogP contribution in [0, 0.1) is 11.3 Å². The highest BCUT2D eigenvalue weighted by Gasteiger charge is 1.93. The van der Waals surface area contributed by atoms with Gasteiger partial charge in [-0.1, -0.05) is 0 Å². The molecule has 0 aromatic heterocycles. The predicted octanol–water partition coefficient (Wildman–Crippen LogP) is 1.06. The molecule has 0 aliphatic rings. The molecule has 0 atom stereocenters. The summed E-state index contributed by atoms with van der Waals surface area (Å²) < 4.78 is 5.26. The van der Waals surface area contributed by atoms with Gasteiger partial charge < -0.3 is 4.74 Å². The number of carbonyl (C=O) groups is 1. The lowest BCUT2D eigenvalue weighted by Gasteiger charge is -2.01. The molecule has 1 amide bonds. The van der Waals surface area contributed by atoms with E-state index < -0.39 is 5.91 Å². The molecule has 0 saturated carbocycles. The van der Waals surface area contributed by atoms with Gasteiger partial charge in [0.05, 0.1) is 12.8 Å². The molecule has 5 nitrogen and oxygen atoms in total. The van der Waals surface area contributed by atoms with Crippen molar-refractivity contribution in [1.29, 1.82) is 5.26 Å². The first-order valence-electron chi connectivity index (χ1n) is 4.72. The van der Waals surface area contributed by atoms with Crippen molar-refractivity contribution in [2.24, 2.45) is 5.10 Å². The summed E-state index contributed by atoms with van der Waals surface area (Å²) in [7, 11) is 0. The number of benzene rings is 1. The number of nitrogens with one attached hydrogen (secondary N) is 1. The number of hydrogen-bond donors (Lipinski definition) is 1. The normalized spacial score (nSPS) is 9.75. The van der Waals surface area contributed by atoms with Crippen LogP contribution in [0.4, 0.5) is 0 Å². The lowest BCUT2D eigenvalue weighted by atomic mass is 10.2. The van der Waals surface area contributed by atoms with Crippen molar-refractivity contribution in [2.45, 2.75) is 6.92 Å². The van der Waals surface area contributed by atoms with Crippen LogP contribution >= 0.6 is 0 Å². The molecule has 1 rings (SSSR count). The Labute approximate surface area is 93.3 Å². The third-order valence-electron chi connectivity index (χ3n) is 1.67. The number of carbonyl (C=O) groups excluding carboxylic acids is 1. The van der Waals surface area contributed by atoms with Gasteiger partial charge in [-0.05, 0) is 36.8 Å². The van der Waals surface area contributed by atoms with Gasteiger partial charge in [0.2, 0.25) is 0 Å². The summed E-state index contributed by atoms with van der Waals surface area (Å²) in [5.74, 6) is -0.0112. The van der Waals surface area contributed by atoms with Crippen LogP contribution in [-0.4, -0.2) is 18.7 Å². The van der Waals surface area contributed by atoms with E-state index in [4.69, 9.17) is 10.00 Å². The first-order chi connectivity index (χ1) is 7.76. The summed E-state index contributed by atoms with van der Waals surface area (Å²) in [6.45, 7) is 2.53. The van der Waals surface area contributed by atoms with Gasteiger partial charge in [-0.15, -0.1) is 0 Å². The molecule has 1 aromatic rings. The molecular formula is C11H11N3O2. The highest BCUT2D eigenvalue weighted by Crippen LogP contribution is 2.10. The molecule has 0 aliphatic heterocycles. The topological polar surface area (TPSA) is 74.5 Å². The fourth-order valence-electron chi connectivity index (χ4n) is 1.01. The molecule has 0 radical (unpaired) electrons. The Bertz CT molecular complexity index is 418. The third kappa shape index (κ3) is 3.80. The van der Waals surface area contributed by atoms with Gasteiger partial charge >= 0.3 is 5.91 Å². The first-order valence-corrected chi connectivity index (χ1v) is 4.72. The van der Waals surface area contributed by atoms with Crippen molar-refractivity contribution in [3.63, 3.8) is 0 Å². The summed E-state index contributed by atoms with van der Waals surface area (Å²) in [6, 6.07) is 8.60. The van der Waals surface area contributed by atoms with E-state index in [1.54, 1.807) is 24.3 Å². The van der Waals surface area contributed by atoms with E-state index in [0.717, 1.165) is 11.3 Å². The number of nitrogens with zero attached hydrogens (tertiary/aromatic N) is 2. The third-order valence-corrected chi connectivity index (χ3v) is 1.67. The summed E-state index contributed by atoms with van der Waals surface area (Å²) >= 11 is 0. The minimum atomic E-state index is -0.790. The smallest absolute Gasteiger partial charge is 0.342 e. The molecule has 16 heavy (non-hydrogen) atoms. The van der Waals surface area contributed by atoms with Gasteiger partial charge in [0, 0.05) is 0 Å². The van der Waals surface area contributed by atoms with E-state index in [-0.39, 0.29) is 0 Å². The van der Waals surface area contributed by atoms with Crippen LogP contribution in [0.3, 0.4) is 0 Å². The van der Waals surface area contributed by atoms with Crippen molar-refractivity contribution < 1.29 is 9.53 Å². The van der Waals surface area contributed by atoms with E-state index >= 15 is 0 Å². The molecule has 82 valence electrons. The maximum absolute atomic E-state index is 10.5.